The Labute approximate surface area is 105 Å². The van der Waals surface area contributed by atoms with E-state index in [-0.39, 0.29) is 0 Å². The molecule has 0 bridgehead atoms. The lowest BCUT2D eigenvalue weighted by atomic mass is 10.0. The minimum absolute atomic E-state index is 0.502. The van der Waals surface area contributed by atoms with E-state index in [4.69, 9.17) is 0 Å². The summed E-state index contributed by atoms with van der Waals surface area (Å²) in [5, 5.41) is 3.64. The average molecular weight is 260 g/mol. The second-order valence-corrected chi connectivity index (χ2v) is 7.67. The van der Waals surface area contributed by atoms with Gasteiger partial charge in [-0.1, -0.05) is 12.8 Å². The lowest BCUT2D eigenvalue weighted by Gasteiger charge is -2.32. The van der Waals surface area contributed by atoms with Gasteiger partial charge in [0.25, 0.3) is 0 Å². The summed E-state index contributed by atoms with van der Waals surface area (Å²) in [7, 11) is -2.98. The standard InChI is InChI=1S/C12H24N2O2S/c1-10(9-11-3-4-11)13-12-5-7-14(8-6-12)17(2,15)16/h10-13H,3-9H2,1-2H3. The highest BCUT2D eigenvalue weighted by atomic mass is 32.2. The van der Waals surface area contributed by atoms with Crippen LogP contribution in [0.4, 0.5) is 0 Å². The molecule has 0 aromatic heterocycles. The highest BCUT2D eigenvalue weighted by Crippen LogP contribution is 2.33. The van der Waals surface area contributed by atoms with Crippen molar-refractivity contribution in [3.63, 3.8) is 0 Å². The lowest BCUT2D eigenvalue weighted by molar-refractivity contribution is 0.272. The van der Waals surface area contributed by atoms with Gasteiger partial charge in [0.05, 0.1) is 6.26 Å². The molecule has 0 amide bonds. The van der Waals surface area contributed by atoms with Gasteiger partial charge in [-0.2, -0.15) is 0 Å². The summed E-state index contributed by atoms with van der Waals surface area (Å²) >= 11 is 0. The molecular weight excluding hydrogens is 236 g/mol. The maximum atomic E-state index is 11.4. The molecule has 0 spiro atoms. The van der Waals surface area contributed by atoms with Crippen LogP contribution in [0.1, 0.15) is 39.0 Å². The Morgan fingerprint density at radius 2 is 1.82 bits per heavy atom. The van der Waals surface area contributed by atoms with Gasteiger partial charge in [-0.05, 0) is 32.1 Å². The van der Waals surface area contributed by atoms with Gasteiger partial charge in [-0.15, -0.1) is 0 Å². The van der Waals surface area contributed by atoms with Crippen LogP contribution in [-0.2, 0) is 10.0 Å². The Morgan fingerprint density at radius 3 is 2.29 bits per heavy atom. The van der Waals surface area contributed by atoms with Gasteiger partial charge < -0.3 is 5.32 Å². The number of hydrogen-bond donors (Lipinski definition) is 1. The predicted molar refractivity (Wildman–Crippen MR) is 69.4 cm³/mol. The van der Waals surface area contributed by atoms with Gasteiger partial charge in [-0.3, -0.25) is 0 Å². The van der Waals surface area contributed by atoms with Crippen molar-refractivity contribution in [2.24, 2.45) is 5.92 Å². The largest absolute Gasteiger partial charge is 0.311 e. The molecule has 1 aliphatic heterocycles. The monoisotopic (exact) mass is 260 g/mol. The van der Waals surface area contributed by atoms with Gasteiger partial charge in [-0.25, -0.2) is 12.7 Å². The molecule has 1 heterocycles. The van der Waals surface area contributed by atoms with Crippen molar-refractivity contribution in [1.82, 2.24) is 9.62 Å². The molecule has 0 aromatic rings. The van der Waals surface area contributed by atoms with E-state index in [1.807, 2.05) is 0 Å². The SMILES string of the molecule is CC(CC1CC1)NC1CCN(S(C)(=O)=O)CC1. The first-order valence-electron chi connectivity index (χ1n) is 6.66. The maximum absolute atomic E-state index is 11.4. The van der Waals surface area contributed by atoms with Crippen molar-refractivity contribution in [2.75, 3.05) is 19.3 Å². The molecule has 0 aromatic carbocycles. The van der Waals surface area contributed by atoms with Crippen LogP contribution in [0.2, 0.25) is 0 Å². The highest BCUT2D eigenvalue weighted by Gasteiger charge is 2.27. The van der Waals surface area contributed by atoms with E-state index < -0.39 is 10.0 Å². The van der Waals surface area contributed by atoms with Crippen molar-refractivity contribution >= 4 is 10.0 Å². The molecule has 5 heteroatoms. The highest BCUT2D eigenvalue weighted by molar-refractivity contribution is 7.88. The van der Waals surface area contributed by atoms with E-state index in [1.54, 1.807) is 4.31 Å². The first-order chi connectivity index (χ1) is 7.95. The van der Waals surface area contributed by atoms with Crippen molar-refractivity contribution in [3.8, 4) is 0 Å². The first kappa shape index (κ1) is 13.3. The molecule has 1 atom stereocenters. The molecule has 1 saturated carbocycles. The zero-order valence-electron chi connectivity index (χ0n) is 10.9. The zero-order chi connectivity index (χ0) is 12.5. The van der Waals surface area contributed by atoms with E-state index in [1.165, 1.54) is 25.5 Å². The van der Waals surface area contributed by atoms with Gasteiger partial charge in [0.15, 0.2) is 0 Å². The second kappa shape index (κ2) is 5.24. The van der Waals surface area contributed by atoms with Crippen LogP contribution in [0.25, 0.3) is 0 Å². The summed E-state index contributed by atoms with van der Waals surface area (Å²) in [5.41, 5.74) is 0. The number of nitrogens with one attached hydrogen (secondary N) is 1. The molecule has 0 radical (unpaired) electrons. The Kier molecular flexibility index (Phi) is 4.10. The van der Waals surface area contributed by atoms with Crippen LogP contribution < -0.4 is 5.32 Å². The predicted octanol–water partition coefficient (Wildman–Crippen LogP) is 1.19. The van der Waals surface area contributed by atoms with E-state index >= 15 is 0 Å². The van der Waals surface area contributed by atoms with Gasteiger partial charge in [0, 0.05) is 25.2 Å². The third-order valence-electron chi connectivity index (χ3n) is 3.83. The second-order valence-electron chi connectivity index (χ2n) is 5.68. The zero-order valence-corrected chi connectivity index (χ0v) is 11.7. The molecule has 2 aliphatic rings. The maximum Gasteiger partial charge on any atom is 0.211 e. The Morgan fingerprint density at radius 1 is 1.24 bits per heavy atom. The number of hydrogen-bond acceptors (Lipinski definition) is 3. The summed E-state index contributed by atoms with van der Waals surface area (Å²) < 4.78 is 24.3. The fourth-order valence-corrected chi connectivity index (χ4v) is 3.55. The quantitative estimate of drug-likeness (QED) is 0.808. The number of piperidine rings is 1. The van der Waals surface area contributed by atoms with Gasteiger partial charge in [0.2, 0.25) is 10.0 Å². The number of nitrogens with zero attached hydrogens (tertiary/aromatic N) is 1. The molecule has 2 fully saturated rings. The molecule has 1 N–H and O–H groups in total. The first-order valence-corrected chi connectivity index (χ1v) is 8.51. The minimum atomic E-state index is -2.98. The number of sulfonamides is 1. The Hall–Kier alpha value is -0.130. The molecular formula is C12H24N2O2S. The van der Waals surface area contributed by atoms with Crippen molar-refractivity contribution in [3.05, 3.63) is 0 Å². The van der Waals surface area contributed by atoms with E-state index in [9.17, 15) is 8.42 Å². The van der Waals surface area contributed by atoms with Crippen LogP contribution in [0.3, 0.4) is 0 Å². The third-order valence-corrected chi connectivity index (χ3v) is 5.13. The summed E-state index contributed by atoms with van der Waals surface area (Å²) in [6.45, 7) is 3.60. The average Bonchev–Trinajstić information content (AvgIpc) is 3.01. The van der Waals surface area contributed by atoms with Crippen LogP contribution >= 0.6 is 0 Å². The normalized spacial score (nSPS) is 26.0. The van der Waals surface area contributed by atoms with Crippen LogP contribution in [0.5, 0.6) is 0 Å². The third kappa shape index (κ3) is 4.23. The minimum Gasteiger partial charge on any atom is -0.311 e. The summed E-state index contributed by atoms with van der Waals surface area (Å²) in [6.07, 6.45) is 7.28. The topological polar surface area (TPSA) is 49.4 Å². The lowest BCUT2D eigenvalue weighted by Crippen LogP contribution is -2.46. The van der Waals surface area contributed by atoms with Crippen LogP contribution in [0.15, 0.2) is 0 Å². The van der Waals surface area contributed by atoms with E-state index in [0.29, 0.717) is 25.2 Å². The van der Waals surface area contributed by atoms with Crippen LogP contribution in [-0.4, -0.2) is 44.2 Å². The molecule has 100 valence electrons. The van der Waals surface area contributed by atoms with Crippen molar-refractivity contribution in [2.45, 2.75) is 51.1 Å². The van der Waals surface area contributed by atoms with Gasteiger partial charge in [0.1, 0.15) is 0 Å². The fourth-order valence-electron chi connectivity index (χ4n) is 2.68. The summed E-state index contributed by atoms with van der Waals surface area (Å²) in [6, 6.07) is 1.08. The fraction of sp³-hybridized carbons (Fsp3) is 1.00. The van der Waals surface area contributed by atoms with E-state index in [2.05, 4.69) is 12.2 Å². The summed E-state index contributed by atoms with van der Waals surface area (Å²) in [5.74, 6) is 0.952. The molecule has 17 heavy (non-hydrogen) atoms. The Bertz CT molecular complexity index is 344. The smallest absolute Gasteiger partial charge is 0.211 e. The molecule has 2 rings (SSSR count). The Balaban J connectivity index is 1.71. The van der Waals surface area contributed by atoms with Crippen molar-refractivity contribution in [1.29, 1.82) is 0 Å². The van der Waals surface area contributed by atoms with Crippen LogP contribution in [0, 0.1) is 5.92 Å². The molecule has 1 aliphatic carbocycles. The van der Waals surface area contributed by atoms with Gasteiger partial charge >= 0.3 is 0 Å². The summed E-state index contributed by atoms with van der Waals surface area (Å²) in [4.78, 5) is 0. The molecule has 1 unspecified atom stereocenters. The molecule has 1 saturated heterocycles. The number of rotatable bonds is 5. The van der Waals surface area contributed by atoms with Crippen molar-refractivity contribution < 1.29 is 8.42 Å². The molecule has 4 nitrogen and oxygen atoms in total. The van der Waals surface area contributed by atoms with E-state index in [0.717, 1.165) is 18.8 Å².